The largest absolute Gasteiger partial charge is 0.383 e. The van der Waals surface area contributed by atoms with Gasteiger partial charge >= 0.3 is 0 Å². The number of aromatic nitrogens is 3. The van der Waals surface area contributed by atoms with Gasteiger partial charge in [-0.05, 0) is 54.3 Å². The van der Waals surface area contributed by atoms with Crippen molar-refractivity contribution >= 4 is 38.3 Å². The van der Waals surface area contributed by atoms with Crippen LogP contribution in [0.3, 0.4) is 0 Å². The lowest BCUT2D eigenvalue weighted by Gasteiger charge is -2.13. The Labute approximate surface area is 186 Å². The lowest BCUT2D eigenvalue weighted by molar-refractivity contribution is -0.118. The Bertz CT molecular complexity index is 1360. The summed E-state index contributed by atoms with van der Waals surface area (Å²) in [5.74, 6) is 0.460. The highest BCUT2D eigenvalue weighted by molar-refractivity contribution is 7.88. The SMILES string of the molecule is Cc1ccncc1-c1cc2cc(NC(=O)[C@@H]3C[C@]34CCN(S(C)(=O)=O)C4)ncc2c(N)n1. The fraction of sp³-hybridized carbons (Fsp3) is 0.364. The number of carbonyl (C=O) groups is 1. The minimum Gasteiger partial charge on any atom is -0.383 e. The van der Waals surface area contributed by atoms with Gasteiger partial charge in [-0.2, -0.15) is 0 Å². The molecular weight excluding hydrogens is 428 g/mol. The quantitative estimate of drug-likeness (QED) is 0.620. The van der Waals surface area contributed by atoms with E-state index >= 15 is 0 Å². The molecule has 1 aliphatic carbocycles. The molecule has 1 spiro atoms. The van der Waals surface area contributed by atoms with Gasteiger partial charge in [0.1, 0.15) is 11.6 Å². The second-order valence-corrected chi connectivity index (χ2v) is 10.8. The molecule has 2 fully saturated rings. The van der Waals surface area contributed by atoms with E-state index in [1.165, 1.54) is 10.6 Å². The number of fused-ring (bicyclic) bond motifs is 1. The molecule has 10 heteroatoms. The Morgan fingerprint density at radius 3 is 2.84 bits per heavy atom. The molecule has 2 aliphatic rings. The minimum absolute atomic E-state index is 0.127. The molecule has 32 heavy (non-hydrogen) atoms. The number of hydrogen-bond donors (Lipinski definition) is 2. The molecule has 3 aromatic rings. The number of carbonyl (C=O) groups excluding carboxylic acids is 1. The Kier molecular flexibility index (Phi) is 4.68. The normalized spacial score (nSPS) is 23.0. The average Bonchev–Trinajstić information content (AvgIpc) is 3.26. The van der Waals surface area contributed by atoms with Crippen molar-refractivity contribution in [3.8, 4) is 11.3 Å². The molecule has 1 saturated carbocycles. The molecule has 3 aromatic heterocycles. The predicted octanol–water partition coefficient (Wildman–Crippen LogP) is 2.19. The summed E-state index contributed by atoms with van der Waals surface area (Å²) < 4.78 is 25.1. The molecule has 5 rings (SSSR count). The van der Waals surface area contributed by atoms with Gasteiger partial charge in [-0.15, -0.1) is 0 Å². The van der Waals surface area contributed by atoms with E-state index in [2.05, 4.69) is 20.3 Å². The molecule has 1 amide bonds. The first-order valence-electron chi connectivity index (χ1n) is 10.4. The molecule has 0 unspecified atom stereocenters. The molecular formula is C22H24N6O3S. The van der Waals surface area contributed by atoms with Crippen LogP contribution >= 0.6 is 0 Å². The number of sulfonamides is 1. The lowest BCUT2D eigenvalue weighted by Crippen LogP contribution is -2.28. The van der Waals surface area contributed by atoms with Crippen LogP contribution in [-0.2, 0) is 14.8 Å². The summed E-state index contributed by atoms with van der Waals surface area (Å²) in [4.78, 5) is 25.9. The standard InChI is InChI=1S/C22H24N6O3S/c1-13-3-5-24-10-15(13)18-7-14-8-19(25-11-16(14)20(23)26-18)27-21(29)17-9-22(17)4-6-28(12-22)32(2,30)31/h3,5,7-8,10-11,17H,4,6,9,12H2,1-2H3,(H2,23,26)(H,25,27,29)/t17-,22-/m0/s1. The van der Waals surface area contributed by atoms with Crippen LogP contribution in [0.2, 0.25) is 0 Å². The summed E-state index contributed by atoms with van der Waals surface area (Å²) >= 11 is 0. The molecule has 1 aliphatic heterocycles. The van der Waals surface area contributed by atoms with Crippen molar-refractivity contribution in [3.63, 3.8) is 0 Å². The molecule has 166 valence electrons. The van der Waals surface area contributed by atoms with Gasteiger partial charge in [0.2, 0.25) is 15.9 Å². The summed E-state index contributed by atoms with van der Waals surface area (Å²) in [5.41, 5.74) is 8.55. The summed E-state index contributed by atoms with van der Waals surface area (Å²) in [6.07, 6.45) is 7.70. The number of rotatable bonds is 4. The molecule has 0 aromatic carbocycles. The maximum Gasteiger partial charge on any atom is 0.229 e. The van der Waals surface area contributed by atoms with Crippen molar-refractivity contribution in [2.24, 2.45) is 11.3 Å². The zero-order chi connectivity index (χ0) is 22.7. The molecule has 3 N–H and O–H groups in total. The van der Waals surface area contributed by atoms with E-state index in [4.69, 9.17) is 5.73 Å². The smallest absolute Gasteiger partial charge is 0.229 e. The van der Waals surface area contributed by atoms with Crippen molar-refractivity contribution in [2.75, 3.05) is 30.4 Å². The van der Waals surface area contributed by atoms with Gasteiger partial charge in [-0.1, -0.05) is 0 Å². The van der Waals surface area contributed by atoms with Gasteiger partial charge in [0, 0.05) is 48.5 Å². The third-order valence-electron chi connectivity index (χ3n) is 6.64. The zero-order valence-corrected chi connectivity index (χ0v) is 18.7. The van der Waals surface area contributed by atoms with Crippen molar-refractivity contribution in [1.29, 1.82) is 0 Å². The van der Waals surface area contributed by atoms with Crippen molar-refractivity contribution < 1.29 is 13.2 Å². The monoisotopic (exact) mass is 452 g/mol. The van der Waals surface area contributed by atoms with E-state index in [0.29, 0.717) is 48.6 Å². The van der Waals surface area contributed by atoms with Crippen LogP contribution in [0.25, 0.3) is 22.0 Å². The second kappa shape index (κ2) is 7.21. The number of hydrogen-bond acceptors (Lipinski definition) is 7. The second-order valence-electron chi connectivity index (χ2n) is 8.83. The maximum absolute atomic E-state index is 12.9. The van der Waals surface area contributed by atoms with E-state index in [1.54, 1.807) is 24.7 Å². The highest BCUT2D eigenvalue weighted by atomic mass is 32.2. The van der Waals surface area contributed by atoms with Crippen LogP contribution in [0.4, 0.5) is 11.6 Å². The number of nitrogens with two attached hydrogens (primary N) is 1. The molecule has 0 bridgehead atoms. The van der Waals surface area contributed by atoms with E-state index in [9.17, 15) is 13.2 Å². The Morgan fingerprint density at radius 2 is 2.12 bits per heavy atom. The molecule has 1 saturated heterocycles. The predicted molar refractivity (Wildman–Crippen MR) is 122 cm³/mol. The third kappa shape index (κ3) is 3.59. The maximum atomic E-state index is 12.9. The minimum atomic E-state index is -3.23. The van der Waals surface area contributed by atoms with E-state index in [0.717, 1.165) is 16.5 Å². The van der Waals surface area contributed by atoms with Gasteiger partial charge in [-0.3, -0.25) is 9.78 Å². The number of aryl methyl sites for hydroxylation is 1. The van der Waals surface area contributed by atoms with E-state index in [1.807, 2.05) is 19.1 Å². The highest BCUT2D eigenvalue weighted by Gasteiger charge is 2.61. The average molecular weight is 453 g/mol. The van der Waals surface area contributed by atoms with Crippen LogP contribution in [0.15, 0.2) is 36.8 Å². The lowest BCUT2D eigenvalue weighted by atomic mass is 10.0. The van der Waals surface area contributed by atoms with Gasteiger partial charge in [-0.25, -0.2) is 22.7 Å². The first kappa shape index (κ1) is 20.8. The topological polar surface area (TPSA) is 131 Å². The number of anilines is 2. The van der Waals surface area contributed by atoms with E-state index < -0.39 is 10.0 Å². The molecule has 4 heterocycles. The van der Waals surface area contributed by atoms with Crippen LogP contribution in [-0.4, -0.2) is 52.9 Å². The van der Waals surface area contributed by atoms with Gasteiger partial charge in [0.15, 0.2) is 0 Å². The summed E-state index contributed by atoms with van der Waals surface area (Å²) in [5, 5.41) is 4.42. The Morgan fingerprint density at radius 1 is 1.31 bits per heavy atom. The van der Waals surface area contributed by atoms with Crippen LogP contribution in [0, 0.1) is 18.3 Å². The van der Waals surface area contributed by atoms with Crippen LogP contribution < -0.4 is 11.1 Å². The zero-order valence-electron chi connectivity index (χ0n) is 17.9. The van der Waals surface area contributed by atoms with Crippen molar-refractivity contribution in [2.45, 2.75) is 19.8 Å². The highest BCUT2D eigenvalue weighted by Crippen LogP contribution is 2.59. The number of nitrogens with zero attached hydrogens (tertiary/aromatic N) is 4. The summed E-state index contributed by atoms with van der Waals surface area (Å²) in [6, 6.07) is 5.61. The summed E-state index contributed by atoms with van der Waals surface area (Å²) in [6.45, 7) is 2.86. The van der Waals surface area contributed by atoms with Crippen LogP contribution in [0.1, 0.15) is 18.4 Å². The number of nitrogens with one attached hydrogen (secondary N) is 1. The van der Waals surface area contributed by atoms with Crippen molar-refractivity contribution in [1.82, 2.24) is 19.3 Å². The molecule has 2 atom stereocenters. The van der Waals surface area contributed by atoms with Crippen molar-refractivity contribution in [3.05, 3.63) is 42.4 Å². The first-order valence-corrected chi connectivity index (χ1v) is 12.2. The van der Waals surface area contributed by atoms with Gasteiger partial charge < -0.3 is 11.1 Å². The van der Waals surface area contributed by atoms with Crippen LogP contribution in [0.5, 0.6) is 0 Å². The number of amides is 1. The van der Waals surface area contributed by atoms with Gasteiger partial charge in [0.05, 0.1) is 11.9 Å². The molecule has 9 nitrogen and oxygen atoms in total. The Hall–Kier alpha value is -3.11. The molecule has 0 radical (unpaired) electrons. The summed E-state index contributed by atoms with van der Waals surface area (Å²) in [7, 11) is -3.23. The third-order valence-corrected chi connectivity index (χ3v) is 7.89. The van der Waals surface area contributed by atoms with Gasteiger partial charge in [0.25, 0.3) is 0 Å². The van der Waals surface area contributed by atoms with E-state index in [-0.39, 0.29) is 17.2 Å². The Balaban J connectivity index is 1.38. The fourth-order valence-corrected chi connectivity index (χ4v) is 5.55. The first-order chi connectivity index (χ1) is 15.2. The number of nitrogen functional groups attached to an aromatic ring is 1. The number of pyridine rings is 3. The fourth-order valence-electron chi connectivity index (χ4n) is 4.63.